The number of rotatable bonds is 6. The van der Waals surface area contributed by atoms with Crippen molar-refractivity contribution in [3.8, 4) is 11.3 Å². The van der Waals surface area contributed by atoms with Gasteiger partial charge in [-0.3, -0.25) is 9.48 Å². The van der Waals surface area contributed by atoms with E-state index in [2.05, 4.69) is 15.1 Å². The molecule has 124 valence electrons. The highest BCUT2D eigenvalue weighted by Crippen LogP contribution is 2.22. The fourth-order valence-electron chi connectivity index (χ4n) is 2.50. The van der Waals surface area contributed by atoms with Crippen LogP contribution in [-0.2, 0) is 13.5 Å². The highest BCUT2D eigenvalue weighted by molar-refractivity contribution is 7.99. The van der Waals surface area contributed by atoms with Gasteiger partial charge in [-0.25, -0.2) is 4.98 Å². The van der Waals surface area contributed by atoms with Crippen LogP contribution in [0.4, 0.5) is 0 Å². The fourth-order valence-corrected chi connectivity index (χ4v) is 3.31. The van der Waals surface area contributed by atoms with Gasteiger partial charge in [-0.2, -0.15) is 5.10 Å². The first-order valence-electron chi connectivity index (χ1n) is 7.90. The van der Waals surface area contributed by atoms with Gasteiger partial charge >= 0.3 is 0 Å². The van der Waals surface area contributed by atoms with Crippen LogP contribution in [0.3, 0.4) is 0 Å². The minimum Gasteiger partial charge on any atom is -0.301 e. The monoisotopic (exact) mass is 340 g/mol. The summed E-state index contributed by atoms with van der Waals surface area (Å²) in [4.78, 5) is 19.7. The van der Waals surface area contributed by atoms with Crippen LogP contribution >= 0.6 is 11.8 Å². The molecule has 24 heavy (non-hydrogen) atoms. The Labute approximate surface area is 145 Å². The molecule has 0 saturated carbocycles. The van der Waals surface area contributed by atoms with Gasteiger partial charge in [-0.15, -0.1) is 0 Å². The zero-order valence-electron chi connectivity index (χ0n) is 13.8. The van der Waals surface area contributed by atoms with Gasteiger partial charge in [0.25, 0.3) is 5.56 Å². The van der Waals surface area contributed by atoms with E-state index in [0.717, 1.165) is 29.9 Å². The number of benzene rings is 1. The van der Waals surface area contributed by atoms with Crippen LogP contribution in [0.15, 0.2) is 52.7 Å². The van der Waals surface area contributed by atoms with Gasteiger partial charge in [0, 0.05) is 30.1 Å². The normalized spacial score (nSPS) is 10.9. The molecular formula is C18H20N4OS. The number of hydrogen-bond donors (Lipinski definition) is 1. The SMILES string of the molecule is Cc1c(-c2ccccc2)nc(SCCCc2cnn(C)c2)[nH]c1=O. The molecule has 3 aromatic rings. The van der Waals surface area contributed by atoms with E-state index in [-0.39, 0.29) is 5.56 Å². The Kier molecular flexibility index (Phi) is 5.15. The summed E-state index contributed by atoms with van der Waals surface area (Å²) >= 11 is 1.58. The first-order chi connectivity index (χ1) is 11.6. The van der Waals surface area contributed by atoms with Crippen molar-refractivity contribution in [2.24, 2.45) is 7.05 Å². The maximum absolute atomic E-state index is 12.2. The van der Waals surface area contributed by atoms with E-state index in [0.29, 0.717) is 10.7 Å². The molecule has 0 bridgehead atoms. The lowest BCUT2D eigenvalue weighted by Crippen LogP contribution is -2.14. The smallest absolute Gasteiger partial charge is 0.255 e. The number of H-pyrrole nitrogens is 1. The molecular weight excluding hydrogens is 320 g/mol. The summed E-state index contributed by atoms with van der Waals surface area (Å²) < 4.78 is 1.81. The fraction of sp³-hybridized carbons (Fsp3) is 0.278. The second-order valence-corrected chi connectivity index (χ2v) is 6.77. The van der Waals surface area contributed by atoms with Crippen molar-refractivity contribution in [1.82, 2.24) is 19.7 Å². The Morgan fingerprint density at radius 3 is 2.75 bits per heavy atom. The molecule has 0 aliphatic carbocycles. The second kappa shape index (κ2) is 7.49. The molecule has 0 aliphatic heterocycles. The van der Waals surface area contributed by atoms with Crippen LogP contribution in [0.5, 0.6) is 0 Å². The molecule has 2 heterocycles. The summed E-state index contributed by atoms with van der Waals surface area (Å²) in [7, 11) is 1.92. The average Bonchev–Trinajstić information content (AvgIpc) is 3.01. The summed E-state index contributed by atoms with van der Waals surface area (Å²) in [5.41, 5.74) is 3.54. The van der Waals surface area contributed by atoms with Crippen LogP contribution in [0.25, 0.3) is 11.3 Å². The maximum atomic E-state index is 12.2. The number of thioether (sulfide) groups is 1. The predicted molar refractivity (Wildman–Crippen MR) is 97.3 cm³/mol. The Morgan fingerprint density at radius 1 is 1.25 bits per heavy atom. The average molecular weight is 340 g/mol. The minimum absolute atomic E-state index is 0.0707. The van der Waals surface area contributed by atoms with Gasteiger partial charge in [0.05, 0.1) is 11.9 Å². The largest absolute Gasteiger partial charge is 0.301 e. The van der Waals surface area contributed by atoms with E-state index in [1.54, 1.807) is 11.8 Å². The lowest BCUT2D eigenvalue weighted by atomic mass is 10.1. The van der Waals surface area contributed by atoms with Crippen molar-refractivity contribution >= 4 is 11.8 Å². The molecule has 0 unspecified atom stereocenters. The van der Waals surface area contributed by atoms with Gasteiger partial charge in [0.2, 0.25) is 0 Å². The first kappa shape index (κ1) is 16.5. The number of nitrogens with one attached hydrogen (secondary N) is 1. The maximum Gasteiger partial charge on any atom is 0.255 e. The Balaban J connectivity index is 1.68. The molecule has 0 atom stereocenters. The highest BCUT2D eigenvalue weighted by Gasteiger charge is 2.10. The van der Waals surface area contributed by atoms with Crippen LogP contribution in [0.2, 0.25) is 0 Å². The third kappa shape index (κ3) is 3.94. The van der Waals surface area contributed by atoms with Gasteiger partial charge in [-0.1, -0.05) is 42.1 Å². The van der Waals surface area contributed by atoms with Crippen LogP contribution in [0.1, 0.15) is 17.5 Å². The summed E-state index contributed by atoms with van der Waals surface area (Å²) in [6, 6.07) is 9.83. The number of aromatic nitrogens is 4. The Morgan fingerprint density at radius 2 is 2.04 bits per heavy atom. The van der Waals surface area contributed by atoms with Gasteiger partial charge in [-0.05, 0) is 25.3 Å². The van der Waals surface area contributed by atoms with Crippen LogP contribution in [0, 0.1) is 6.92 Å². The van der Waals surface area contributed by atoms with E-state index in [1.165, 1.54) is 5.56 Å². The summed E-state index contributed by atoms with van der Waals surface area (Å²) in [5, 5.41) is 4.85. The predicted octanol–water partition coefficient (Wildman–Crippen LogP) is 3.20. The number of hydrogen-bond acceptors (Lipinski definition) is 4. The van der Waals surface area contributed by atoms with E-state index in [9.17, 15) is 4.79 Å². The van der Waals surface area contributed by atoms with Crippen LogP contribution < -0.4 is 5.56 Å². The van der Waals surface area contributed by atoms with Crippen molar-refractivity contribution in [3.05, 3.63) is 64.2 Å². The summed E-state index contributed by atoms with van der Waals surface area (Å²) in [6.45, 7) is 1.81. The van der Waals surface area contributed by atoms with Crippen molar-refractivity contribution in [1.29, 1.82) is 0 Å². The molecule has 0 radical (unpaired) electrons. The Hall–Kier alpha value is -2.34. The van der Waals surface area contributed by atoms with E-state index >= 15 is 0 Å². The standard InChI is InChI=1S/C18H20N4OS/c1-13-16(15-8-4-3-5-9-15)20-18(21-17(13)23)24-10-6-7-14-11-19-22(2)12-14/h3-5,8-9,11-12H,6-7,10H2,1-2H3,(H,20,21,23). The third-order valence-electron chi connectivity index (χ3n) is 3.78. The van der Waals surface area contributed by atoms with Crippen molar-refractivity contribution in [2.45, 2.75) is 24.9 Å². The lowest BCUT2D eigenvalue weighted by molar-refractivity contribution is 0.766. The second-order valence-electron chi connectivity index (χ2n) is 5.68. The molecule has 0 aliphatic rings. The molecule has 2 aromatic heterocycles. The first-order valence-corrected chi connectivity index (χ1v) is 8.88. The summed E-state index contributed by atoms with van der Waals surface area (Å²) in [6.07, 6.45) is 5.91. The molecule has 0 amide bonds. The van der Waals surface area contributed by atoms with Crippen LogP contribution in [-0.4, -0.2) is 25.5 Å². The van der Waals surface area contributed by atoms with Gasteiger partial charge < -0.3 is 4.98 Å². The van der Waals surface area contributed by atoms with Gasteiger partial charge in [0.15, 0.2) is 5.16 Å². The van der Waals surface area contributed by atoms with Crippen molar-refractivity contribution in [2.75, 3.05) is 5.75 Å². The molecule has 1 aromatic carbocycles. The number of nitrogens with zero attached hydrogens (tertiary/aromatic N) is 3. The molecule has 0 fully saturated rings. The quantitative estimate of drug-likeness (QED) is 0.425. The summed E-state index contributed by atoms with van der Waals surface area (Å²) in [5.74, 6) is 0.898. The zero-order valence-corrected chi connectivity index (χ0v) is 14.6. The Bertz CT molecular complexity index is 870. The highest BCUT2D eigenvalue weighted by atomic mass is 32.2. The molecule has 1 N–H and O–H groups in total. The third-order valence-corrected chi connectivity index (χ3v) is 4.74. The minimum atomic E-state index is -0.0707. The van der Waals surface area contributed by atoms with Crippen molar-refractivity contribution in [3.63, 3.8) is 0 Å². The number of aromatic amines is 1. The lowest BCUT2D eigenvalue weighted by Gasteiger charge is -2.07. The van der Waals surface area contributed by atoms with Crippen molar-refractivity contribution < 1.29 is 0 Å². The van der Waals surface area contributed by atoms with E-state index in [1.807, 2.05) is 61.4 Å². The number of aryl methyl sites for hydroxylation is 2. The van der Waals surface area contributed by atoms with E-state index < -0.39 is 0 Å². The molecule has 6 heteroatoms. The molecule has 0 saturated heterocycles. The molecule has 3 rings (SSSR count). The van der Waals surface area contributed by atoms with E-state index in [4.69, 9.17) is 0 Å². The molecule has 0 spiro atoms. The topological polar surface area (TPSA) is 63.6 Å². The van der Waals surface area contributed by atoms with Gasteiger partial charge in [0.1, 0.15) is 0 Å². The molecule has 5 nitrogen and oxygen atoms in total. The zero-order chi connectivity index (χ0) is 16.9.